The molecule has 2 saturated carbocycles. The van der Waals surface area contributed by atoms with Crippen molar-refractivity contribution in [1.29, 1.82) is 0 Å². The van der Waals surface area contributed by atoms with E-state index in [0.717, 1.165) is 44.6 Å². The lowest BCUT2D eigenvalue weighted by molar-refractivity contribution is -0.129. The number of pyridine rings is 1. The summed E-state index contributed by atoms with van der Waals surface area (Å²) in [6.07, 6.45) is 9.20. The van der Waals surface area contributed by atoms with Crippen LogP contribution in [-0.4, -0.2) is 80.8 Å². The number of urea groups is 1. The molecule has 4 bridgehead atoms. The summed E-state index contributed by atoms with van der Waals surface area (Å²) >= 11 is 0. The molecule has 8 nitrogen and oxygen atoms in total. The molecule has 0 unspecified atom stereocenters. The summed E-state index contributed by atoms with van der Waals surface area (Å²) in [6.45, 7) is 3.22. The van der Waals surface area contributed by atoms with Gasteiger partial charge in [0.1, 0.15) is 17.5 Å². The first-order valence-corrected chi connectivity index (χ1v) is 14.3. The Morgan fingerprint density at radius 2 is 2.00 bits per heavy atom. The second-order valence-electron chi connectivity index (χ2n) is 12.7. The maximum absolute atomic E-state index is 14.0. The van der Waals surface area contributed by atoms with E-state index in [1.807, 2.05) is 6.07 Å². The number of nitrogens with zero attached hydrogens (tertiary/aromatic N) is 4. The molecule has 8 heteroatoms. The van der Waals surface area contributed by atoms with Crippen molar-refractivity contribution in [3.8, 4) is 17.2 Å². The molecule has 38 heavy (non-hydrogen) atoms. The van der Waals surface area contributed by atoms with Gasteiger partial charge in [-0.05, 0) is 81.2 Å². The average molecular weight is 517 g/mol. The molecule has 9 rings (SSSR count). The van der Waals surface area contributed by atoms with Crippen LogP contribution in [0.5, 0.6) is 17.2 Å². The molecule has 2 N–H and O–H groups in total. The number of aromatic hydroxyl groups is 2. The van der Waals surface area contributed by atoms with E-state index in [9.17, 15) is 15.0 Å². The molecular weight excluding hydrogens is 480 g/mol. The predicted molar refractivity (Wildman–Crippen MR) is 140 cm³/mol. The summed E-state index contributed by atoms with van der Waals surface area (Å²) in [6, 6.07) is 7.61. The van der Waals surface area contributed by atoms with Crippen molar-refractivity contribution in [2.45, 2.75) is 75.1 Å². The first-order valence-electron chi connectivity index (χ1n) is 14.3. The lowest BCUT2D eigenvalue weighted by atomic mass is 9.42. The number of phenolic OH excluding ortho intramolecular Hbond substituents is 1. The summed E-state index contributed by atoms with van der Waals surface area (Å²) < 4.78 is 6.81. The van der Waals surface area contributed by atoms with Gasteiger partial charge in [-0.25, -0.2) is 4.79 Å². The molecule has 7 aliphatic rings. The number of rotatable bonds is 4. The Morgan fingerprint density at radius 1 is 1.13 bits per heavy atom. The maximum atomic E-state index is 14.0. The second kappa shape index (κ2) is 7.78. The molecule has 2 amide bonds. The van der Waals surface area contributed by atoms with E-state index in [1.165, 1.54) is 30.5 Å². The zero-order valence-electron chi connectivity index (χ0n) is 22.0. The van der Waals surface area contributed by atoms with Crippen LogP contribution >= 0.6 is 0 Å². The second-order valence-corrected chi connectivity index (χ2v) is 12.7. The van der Waals surface area contributed by atoms with Crippen LogP contribution in [0, 0.1) is 11.3 Å². The van der Waals surface area contributed by atoms with Gasteiger partial charge in [-0.1, -0.05) is 6.07 Å². The fraction of sp³-hybridized carbons (Fsp3) is 0.600. The van der Waals surface area contributed by atoms with Gasteiger partial charge in [-0.2, -0.15) is 0 Å². The fourth-order valence-electron chi connectivity index (χ4n) is 9.29. The average Bonchev–Trinajstić information content (AvgIpc) is 3.70. The van der Waals surface area contributed by atoms with Gasteiger partial charge in [-0.3, -0.25) is 9.88 Å². The van der Waals surface area contributed by atoms with Gasteiger partial charge >= 0.3 is 6.03 Å². The number of carbonyl (C=O) groups is 1. The monoisotopic (exact) mass is 516 g/mol. The zero-order chi connectivity index (χ0) is 25.8. The van der Waals surface area contributed by atoms with E-state index >= 15 is 0 Å². The third-order valence-electron chi connectivity index (χ3n) is 11.0. The fourth-order valence-corrected chi connectivity index (χ4v) is 9.29. The molecular formula is C30H36N4O4. The van der Waals surface area contributed by atoms with Gasteiger partial charge in [0.05, 0.1) is 12.6 Å². The highest BCUT2D eigenvalue weighted by Gasteiger charge is 2.74. The minimum absolute atomic E-state index is 0.0412. The number of hydrogen-bond acceptors (Lipinski definition) is 6. The molecule has 2 aromatic rings. The molecule has 3 aliphatic carbocycles. The van der Waals surface area contributed by atoms with Crippen LogP contribution in [-0.2, 0) is 18.4 Å². The molecule has 5 atom stereocenters. The van der Waals surface area contributed by atoms with E-state index in [1.54, 1.807) is 30.3 Å². The first kappa shape index (κ1) is 22.9. The van der Waals surface area contributed by atoms with Gasteiger partial charge in [0.2, 0.25) is 0 Å². The lowest BCUT2D eigenvalue weighted by Crippen LogP contribution is -2.73. The lowest BCUT2D eigenvalue weighted by Gasteiger charge is -2.66. The minimum atomic E-state index is -0.158. The summed E-state index contributed by atoms with van der Waals surface area (Å²) in [4.78, 5) is 24.8. The van der Waals surface area contributed by atoms with Crippen LogP contribution in [0.1, 0.15) is 55.3 Å². The van der Waals surface area contributed by atoms with Gasteiger partial charge in [0, 0.05) is 48.8 Å². The number of ether oxygens (including phenoxy) is 1. The Labute approximate surface area is 223 Å². The third-order valence-corrected chi connectivity index (χ3v) is 11.0. The van der Waals surface area contributed by atoms with Crippen molar-refractivity contribution in [2.75, 3.05) is 26.7 Å². The molecule has 200 valence electrons. The Kier molecular flexibility index (Phi) is 4.69. The van der Waals surface area contributed by atoms with Crippen LogP contribution in [0.3, 0.4) is 0 Å². The molecule has 1 aromatic heterocycles. The number of carbonyl (C=O) groups excluding carboxylic acids is 1. The smallest absolute Gasteiger partial charge is 0.320 e. The molecule has 2 spiro atoms. The minimum Gasteiger partial charge on any atom is -0.506 e. The van der Waals surface area contributed by atoms with Crippen molar-refractivity contribution in [1.82, 2.24) is 19.7 Å². The van der Waals surface area contributed by atoms with Gasteiger partial charge < -0.3 is 24.7 Å². The number of piperidine rings is 1. The Hall–Kier alpha value is -3.00. The standard InChI is InChI=1S/C30H36N4O4/c1-32(17-20-22(35)3-2-12-31-20)28(37)34-14-10-29-9-8-21(34)27-30(29)11-13-33(16-18-4-5-18)24(29)15-19-6-7-23(36)26(38-27)25(19)30/h2-3,6-7,12,18,21,24,27,35-36H,4-5,8-11,13-17H2,1H3/t21-,24-,27+,29-,30+/m1/s1. The van der Waals surface area contributed by atoms with Crippen LogP contribution < -0.4 is 4.74 Å². The summed E-state index contributed by atoms with van der Waals surface area (Å²) in [5.41, 5.74) is 2.98. The maximum Gasteiger partial charge on any atom is 0.320 e. The highest BCUT2D eigenvalue weighted by Crippen LogP contribution is 2.71. The van der Waals surface area contributed by atoms with Crippen LogP contribution in [0.2, 0.25) is 0 Å². The van der Waals surface area contributed by atoms with Crippen LogP contribution in [0.4, 0.5) is 4.79 Å². The highest BCUT2D eigenvalue weighted by molar-refractivity contribution is 5.75. The predicted octanol–water partition coefficient (Wildman–Crippen LogP) is 3.64. The van der Waals surface area contributed by atoms with Gasteiger partial charge in [0.25, 0.3) is 0 Å². The van der Waals surface area contributed by atoms with Crippen LogP contribution in [0.25, 0.3) is 0 Å². The molecule has 5 heterocycles. The molecule has 5 fully saturated rings. The number of hydrogen-bond donors (Lipinski definition) is 2. The van der Waals surface area contributed by atoms with Crippen molar-refractivity contribution >= 4 is 6.03 Å². The molecule has 1 aromatic carbocycles. The largest absolute Gasteiger partial charge is 0.506 e. The Morgan fingerprint density at radius 3 is 2.82 bits per heavy atom. The van der Waals surface area contributed by atoms with E-state index in [4.69, 9.17) is 4.74 Å². The number of benzene rings is 1. The molecule has 0 radical (unpaired) electrons. The molecule has 3 saturated heterocycles. The Balaban J connectivity index is 1.20. The van der Waals surface area contributed by atoms with Crippen molar-refractivity contribution in [3.05, 3.63) is 47.3 Å². The molecule has 4 aliphatic heterocycles. The number of likely N-dealkylation sites (tertiary alicyclic amines) is 1. The first-order chi connectivity index (χ1) is 18.4. The Bertz CT molecular complexity index is 1330. The topological polar surface area (TPSA) is 89.4 Å². The third kappa shape index (κ3) is 2.84. The number of aromatic nitrogens is 1. The quantitative estimate of drug-likeness (QED) is 0.645. The number of fused-ring (bicyclic) bond motifs is 3. The normalized spacial score (nSPS) is 34.4. The van der Waals surface area contributed by atoms with E-state index in [2.05, 4.69) is 20.9 Å². The van der Waals surface area contributed by atoms with Crippen molar-refractivity contribution in [2.24, 2.45) is 11.3 Å². The zero-order valence-corrected chi connectivity index (χ0v) is 22.0. The van der Waals surface area contributed by atoms with Gasteiger partial charge in [0.15, 0.2) is 11.5 Å². The highest BCUT2D eigenvalue weighted by atomic mass is 16.5. The van der Waals surface area contributed by atoms with Crippen molar-refractivity contribution in [3.63, 3.8) is 0 Å². The van der Waals surface area contributed by atoms with E-state index < -0.39 is 0 Å². The van der Waals surface area contributed by atoms with Crippen LogP contribution in [0.15, 0.2) is 30.5 Å². The van der Waals surface area contributed by atoms with Crippen molar-refractivity contribution < 1.29 is 19.7 Å². The number of amides is 2. The summed E-state index contributed by atoms with van der Waals surface area (Å²) in [5.74, 6) is 1.86. The summed E-state index contributed by atoms with van der Waals surface area (Å²) in [5, 5.41) is 21.2. The number of phenols is 1. The van der Waals surface area contributed by atoms with E-state index in [0.29, 0.717) is 24.0 Å². The summed E-state index contributed by atoms with van der Waals surface area (Å²) in [7, 11) is 1.79. The van der Waals surface area contributed by atoms with Gasteiger partial charge in [-0.15, -0.1) is 0 Å². The van der Waals surface area contributed by atoms with E-state index in [-0.39, 0.29) is 47.1 Å². The SMILES string of the molecule is CN(Cc1ncccc1O)C(=O)N1CC[C@@]23CC[C@@H]1[C@@H]1Oc4c(O)ccc5c4[C@@]12CCN(CC1CC1)[C@@H]3C5.